The second kappa shape index (κ2) is 17.3. The van der Waals surface area contributed by atoms with E-state index in [4.69, 9.17) is 5.73 Å². The molecule has 0 saturated heterocycles. The van der Waals surface area contributed by atoms with Gasteiger partial charge in [-0.2, -0.15) is 28.9 Å². The molecular formula is C36H25N7Na2O6S. The zero-order chi connectivity index (χ0) is 35.4. The van der Waals surface area contributed by atoms with Crippen molar-refractivity contribution >= 4 is 66.7 Å². The number of nitrogens with zero attached hydrogens (tertiary/aromatic N) is 6. The monoisotopic (exact) mass is 729 g/mol. The predicted octanol–water partition coefficient (Wildman–Crippen LogP) is 2.34. The Labute approximate surface area is 342 Å². The Hall–Kier alpha value is -4.64. The van der Waals surface area contributed by atoms with Gasteiger partial charge in [0.25, 0.3) is 10.1 Å². The van der Waals surface area contributed by atoms with E-state index in [1.807, 2.05) is 31.2 Å². The maximum Gasteiger partial charge on any atom is 1.00 e. The molecule has 6 aromatic carbocycles. The molecule has 0 aliphatic heterocycles. The topological polar surface area (TPSA) is 218 Å². The van der Waals surface area contributed by atoms with Gasteiger partial charge in [-0.05, 0) is 108 Å². The van der Waals surface area contributed by atoms with Crippen molar-refractivity contribution in [2.45, 2.75) is 11.8 Å². The summed E-state index contributed by atoms with van der Waals surface area (Å²) in [5.74, 6) is -2.24. The second-order valence-corrected chi connectivity index (χ2v) is 12.4. The van der Waals surface area contributed by atoms with Crippen LogP contribution in [0.3, 0.4) is 0 Å². The molecule has 0 fully saturated rings. The number of hydrogen-bond donors (Lipinski definition) is 2. The van der Waals surface area contributed by atoms with Gasteiger partial charge in [0.15, 0.2) is 0 Å². The van der Waals surface area contributed by atoms with Crippen LogP contribution in [0.2, 0.25) is 0 Å². The quantitative estimate of drug-likeness (QED) is 0.0979. The molecule has 0 aliphatic carbocycles. The number of fused-ring (bicyclic) bond motifs is 1. The summed E-state index contributed by atoms with van der Waals surface area (Å²) < 4.78 is 33.6. The number of hydrogen-bond acceptors (Lipinski definition) is 12. The average molecular weight is 730 g/mol. The van der Waals surface area contributed by atoms with Gasteiger partial charge in [-0.15, -0.1) is 10.2 Å². The van der Waals surface area contributed by atoms with Crippen LogP contribution in [0.15, 0.2) is 151 Å². The van der Waals surface area contributed by atoms with Crippen molar-refractivity contribution in [3.8, 4) is 16.9 Å². The van der Waals surface area contributed by atoms with Gasteiger partial charge in [0, 0.05) is 16.5 Å². The summed E-state index contributed by atoms with van der Waals surface area (Å²) in [6, 6.07) is 30.7. The van der Waals surface area contributed by atoms with E-state index < -0.39 is 27.4 Å². The van der Waals surface area contributed by atoms with Crippen LogP contribution in [0.1, 0.15) is 15.9 Å². The Kier molecular flexibility index (Phi) is 13.3. The van der Waals surface area contributed by atoms with Crippen LogP contribution in [-0.4, -0.2) is 18.9 Å². The van der Waals surface area contributed by atoms with Crippen molar-refractivity contribution in [3.05, 3.63) is 126 Å². The third-order valence-corrected chi connectivity index (χ3v) is 8.42. The van der Waals surface area contributed by atoms with Crippen LogP contribution in [0.4, 0.5) is 39.8 Å². The minimum absolute atomic E-state index is 0. The van der Waals surface area contributed by atoms with Crippen LogP contribution in [0.5, 0.6) is 5.75 Å². The zero-order valence-electron chi connectivity index (χ0n) is 28.1. The van der Waals surface area contributed by atoms with Crippen molar-refractivity contribution in [1.29, 1.82) is 0 Å². The standard InChI is InChI=1S/C36H27N7O6S.2Na/c1-21-18-26(10-14-32(21)37)41-42-33-15-16-34(30-20-28(50(47,48)49)12-13-29(30)33)43-39-25-8-4-23(5-9-25)22-2-6-24(7-3-22)38-40-27-11-17-35(44)31(19-27)36(45)46;;/h2-20,44H,37H2,1H3,(H,45,46)(H,47,48,49);;/q;2*+1/p-2. The van der Waals surface area contributed by atoms with E-state index in [1.165, 1.54) is 24.3 Å². The molecular weight excluding hydrogens is 704 g/mol. The molecule has 0 spiro atoms. The third-order valence-electron chi connectivity index (χ3n) is 7.57. The first-order valence-corrected chi connectivity index (χ1v) is 16.3. The number of anilines is 1. The molecule has 0 aromatic heterocycles. The van der Waals surface area contributed by atoms with Crippen LogP contribution in [0, 0.1) is 6.92 Å². The second-order valence-electron chi connectivity index (χ2n) is 11.0. The Bertz CT molecular complexity index is 2480. The summed E-state index contributed by atoms with van der Waals surface area (Å²) in [4.78, 5) is 10.8. The summed E-state index contributed by atoms with van der Waals surface area (Å²) in [6.45, 7) is 1.86. The molecule has 13 nitrogen and oxygen atoms in total. The Morgan fingerprint density at radius 2 is 1.10 bits per heavy atom. The molecule has 0 heterocycles. The van der Waals surface area contributed by atoms with E-state index in [9.17, 15) is 28.0 Å². The van der Waals surface area contributed by atoms with Crippen LogP contribution < -0.4 is 75.1 Å². The first-order chi connectivity index (χ1) is 23.9. The van der Waals surface area contributed by atoms with Gasteiger partial charge in [0.1, 0.15) is 0 Å². The Balaban J connectivity index is 0.00000302. The van der Waals surface area contributed by atoms with Crippen molar-refractivity contribution in [3.63, 3.8) is 0 Å². The number of rotatable bonds is 9. The van der Waals surface area contributed by atoms with Gasteiger partial charge >= 0.3 is 59.1 Å². The Morgan fingerprint density at radius 3 is 1.65 bits per heavy atom. The number of nitrogen functional groups attached to an aromatic ring is 1. The molecule has 0 bridgehead atoms. The number of azo groups is 3. The smallest absolute Gasteiger partial charge is 0.872 e. The SMILES string of the molecule is Cc1cc(N=Nc2ccc(N=Nc3ccc(-c4ccc(N=Nc5ccc([O-])c(C(=O)[O-])c5)cc4)cc3)c3cc(S(=O)(=O)O)ccc23)ccc1N.[Na+].[Na+]. The molecule has 0 aliphatic rings. The molecule has 3 N–H and O–H groups in total. The fourth-order valence-corrected chi connectivity index (χ4v) is 5.38. The zero-order valence-corrected chi connectivity index (χ0v) is 32.9. The van der Waals surface area contributed by atoms with Crippen LogP contribution >= 0.6 is 0 Å². The number of carbonyl (C=O) groups excluding carboxylic acids is 1. The summed E-state index contributed by atoms with van der Waals surface area (Å²) in [5, 5.41) is 49.1. The number of benzene rings is 6. The molecule has 0 amide bonds. The summed E-state index contributed by atoms with van der Waals surface area (Å²) in [6.07, 6.45) is 0. The molecule has 0 atom stereocenters. The van der Waals surface area contributed by atoms with E-state index in [2.05, 4.69) is 30.7 Å². The van der Waals surface area contributed by atoms with Gasteiger partial charge in [-0.25, -0.2) is 0 Å². The molecule has 6 aromatic rings. The molecule has 0 saturated carbocycles. The van der Waals surface area contributed by atoms with E-state index in [1.54, 1.807) is 54.6 Å². The maximum absolute atomic E-state index is 11.9. The van der Waals surface area contributed by atoms with Crippen LogP contribution in [0.25, 0.3) is 21.9 Å². The summed E-state index contributed by atoms with van der Waals surface area (Å²) >= 11 is 0. The number of carbonyl (C=O) groups is 1. The number of aryl methyl sites for hydroxylation is 1. The molecule has 52 heavy (non-hydrogen) atoms. The minimum atomic E-state index is -4.49. The van der Waals surface area contributed by atoms with Gasteiger partial charge < -0.3 is 20.7 Å². The van der Waals surface area contributed by atoms with Crippen molar-refractivity contribution in [1.82, 2.24) is 0 Å². The minimum Gasteiger partial charge on any atom is -0.872 e. The number of nitrogens with two attached hydrogens (primary N) is 1. The van der Waals surface area contributed by atoms with E-state index >= 15 is 0 Å². The number of carboxylic acid groups (broad SMARTS) is 1. The number of aromatic carboxylic acids is 1. The van der Waals surface area contributed by atoms with E-state index in [0.29, 0.717) is 44.9 Å². The molecule has 248 valence electrons. The van der Waals surface area contributed by atoms with Gasteiger partial charge in [0.2, 0.25) is 0 Å². The van der Waals surface area contributed by atoms with Crippen molar-refractivity contribution in [2.24, 2.45) is 30.7 Å². The van der Waals surface area contributed by atoms with Crippen molar-refractivity contribution in [2.75, 3.05) is 5.73 Å². The molecule has 16 heteroatoms. The molecule has 0 radical (unpaired) electrons. The number of carboxylic acids is 1. The predicted molar refractivity (Wildman–Crippen MR) is 184 cm³/mol. The third kappa shape index (κ3) is 9.61. The Morgan fingerprint density at radius 1 is 0.615 bits per heavy atom. The normalized spacial score (nSPS) is 11.6. The fraction of sp³-hybridized carbons (Fsp3) is 0.0278. The summed E-state index contributed by atoms with van der Waals surface area (Å²) in [7, 11) is -4.49. The first kappa shape index (κ1) is 40.1. The van der Waals surface area contributed by atoms with Gasteiger partial charge in [0.05, 0.1) is 45.0 Å². The maximum atomic E-state index is 11.9. The van der Waals surface area contributed by atoms with E-state index in [0.717, 1.165) is 28.8 Å². The largest absolute Gasteiger partial charge is 1.00 e. The van der Waals surface area contributed by atoms with Crippen LogP contribution in [-0.2, 0) is 10.1 Å². The molecule has 0 unspecified atom stereocenters. The van der Waals surface area contributed by atoms with E-state index in [-0.39, 0.29) is 69.7 Å². The summed E-state index contributed by atoms with van der Waals surface area (Å²) in [5.41, 5.74) is 11.3. The first-order valence-electron chi connectivity index (χ1n) is 14.8. The van der Waals surface area contributed by atoms with Gasteiger partial charge in [-0.1, -0.05) is 42.1 Å². The average Bonchev–Trinajstić information content (AvgIpc) is 3.11. The van der Waals surface area contributed by atoms with Gasteiger partial charge in [-0.3, -0.25) is 4.55 Å². The van der Waals surface area contributed by atoms with Crippen molar-refractivity contribution < 1.29 is 87.1 Å². The molecule has 6 rings (SSSR count). The fourth-order valence-electron chi connectivity index (χ4n) is 4.87.